The van der Waals surface area contributed by atoms with Crippen molar-refractivity contribution < 1.29 is 9.53 Å². The van der Waals surface area contributed by atoms with Crippen molar-refractivity contribution in [3.63, 3.8) is 0 Å². The summed E-state index contributed by atoms with van der Waals surface area (Å²) in [5, 5.41) is 0. The summed E-state index contributed by atoms with van der Waals surface area (Å²) in [4.78, 5) is 15.0. The molecule has 0 amide bonds. The van der Waals surface area contributed by atoms with E-state index >= 15 is 0 Å². The van der Waals surface area contributed by atoms with Crippen LogP contribution in [0.25, 0.3) is 0 Å². The van der Waals surface area contributed by atoms with E-state index in [1.807, 2.05) is 42.5 Å². The smallest absolute Gasteiger partial charge is 0.338 e. The number of nitrogens with zero attached hydrogens (tertiary/aromatic N) is 1. The van der Waals surface area contributed by atoms with Crippen molar-refractivity contribution in [2.75, 3.05) is 6.54 Å². The molecular weight excluding hydrogens is 346 g/mol. The first-order chi connectivity index (χ1) is 13.8. The van der Waals surface area contributed by atoms with Crippen molar-refractivity contribution in [3.05, 3.63) is 107 Å². The minimum Gasteiger partial charge on any atom is -0.457 e. The van der Waals surface area contributed by atoms with Crippen molar-refractivity contribution in [2.45, 2.75) is 32.5 Å². The van der Waals surface area contributed by atoms with Gasteiger partial charge in [-0.3, -0.25) is 4.90 Å². The zero-order chi connectivity index (χ0) is 19.2. The van der Waals surface area contributed by atoms with Gasteiger partial charge in [0.25, 0.3) is 0 Å². The zero-order valence-electron chi connectivity index (χ0n) is 16.0. The number of carbonyl (C=O) groups is 1. The number of hydrogen-bond acceptors (Lipinski definition) is 3. The highest BCUT2D eigenvalue weighted by molar-refractivity contribution is 5.89. The highest BCUT2D eigenvalue weighted by Gasteiger charge is 2.17. The quantitative estimate of drug-likeness (QED) is 0.592. The summed E-state index contributed by atoms with van der Waals surface area (Å²) >= 11 is 0. The third-order valence-corrected chi connectivity index (χ3v) is 5.22. The zero-order valence-corrected chi connectivity index (χ0v) is 16.0. The Labute approximate surface area is 166 Å². The number of aryl methyl sites for hydroxylation is 1. The van der Waals surface area contributed by atoms with Crippen LogP contribution in [0.1, 0.15) is 39.0 Å². The molecule has 0 unspecified atom stereocenters. The Bertz CT molecular complexity index is 922. The number of rotatable bonds is 5. The van der Waals surface area contributed by atoms with Gasteiger partial charge in [-0.15, -0.1) is 0 Å². The fraction of sp³-hybridized carbons (Fsp3) is 0.240. The van der Waals surface area contributed by atoms with E-state index in [9.17, 15) is 4.79 Å². The van der Waals surface area contributed by atoms with Gasteiger partial charge < -0.3 is 4.74 Å². The van der Waals surface area contributed by atoms with E-state index in [2.05, 4.69) is 41.3 Å². The Morgan fingerprint density at radius 3 is 2.32 bits per heavy atom. The van der Waals surface area contributed by atoms with E-state index < -0.39 is 0 Å². The Morgan fingerprint density at radius 1 is 0.857 bits per heavy atom. The van der Waals surface area contributed by atoms with Gasteiger partial charge in [-0.05, 0) is 53.8 Å². The minimum absolute atomic E-state index is 0.259. The maximum Gasteiger partial charge on any atom is 0.338 e. The molecule has 0 radical (unpaired) electrons. The number of ether oxygens (including phenoxy) is 1. The van der Waals surface area contributed by atoms with Crippen LogP contribution < -0.4 is 0 Å². The molecular formula is C25H25NO2. The molecule has 0 N–H and O–H groups in total. The molecule has 0 aromatic heterocycles. The van der Waals surface area contributed by atoms with Crippen molar-refractivity contribution in [2.24, 2.45) is 0 Å². The molecule has 4 rings (SSSR count). The third-order valence-electron chi connectivity index (χ3n) is 5.22. The van der Waals surface area contributed by atoms with Gasteiger partial charge in [0.2, 0.25) is 0 Å². The number of esters is 1. The maximum absolute atomic E-state index is 12.5. The molecule has 0 atom stereocenters. The second-order valence-electron chi connectivity index (χ2n) is 7.35. The Balaban J connectivity index is 1.45. The molecule has 3 nitrogen and oxygen atoms in total. The van der Waals surface area contributed by atoms with Gasteiger partial charge in [-0.2, -0.15) is 0 Å². The lowest BCUT2D eigenvalue weighted by Crippen LogP contribution is -2.22. The maximum atomic E-state index is 12.5. The molecule has 0 spiro atoms. The first kappa shape index (κ1) is 18.5. The molecule has 1 aliphatic rings. The van der Waals surface area contributed by atoms with E-state index in [1.165, 1.54) is 16.7 Å². The average Bonchev–Trinajstić information content (AvgIpc) is 2.94. The Kier molecular flexibility index (Phi) is 5.83. The lowest BCUT2D eigenvalue weighted by molar-refractivity contribution is 0.0472. The number of carbonyl (C=O) groups excluding carboxylic acids is 1. The summed E-state index contributed by atoms with van der Waals surface area (Å²) in [6.45, 7) is 3.17. The highest BCUT2D eigenvalue weighted by atomic mass is 16.5. The van der Waals surface area contributed by atoms with Gasteiger partial charge in [0.05, 0.1) is 5.56 Å². The van der Waals surface area contributed by atoms with E-state index in [-0.39, 0.29) is 5.97 Å². The van der Waals surface area contributed by atoms with Gasteiger partial charge in [-0.25, -0.2) is 4.79 Å². The van der Waals surface area contributed by atoms with Crippen molar-refractivity contribution >= 4 is 5.97 Å². The summed E-state index contributed by atoms with van der Waals surface area (Å²) in [6, 6.07) is 26.4. The summed E-state index contributed by atoms with van der Waals surface area (Å²) in [5.74, 6) is -0.259. The van der Waals surface area contributed by atoms with E-state index in [1.54, 1.807) is 0 Å². The highest BCUT2D eigenvalue weighted by Crippen LogP contribution is 2.22. The van der Waals surface area contributed by atoms with Crippen molar-refractivity contribution in [1.29, 1.82) is 0 Å². The largest absolute Gasteiger partial charge is 0.457 e. The third kappa shape index (κ3) is 4.68. The molecule has 0 bridgehead atoms. The van der Waals surface area contributed by atoms with Crippen LogP contribution in [-0.4, -0.2) is 17.4 Å². The van der Waals surface area contributed by atoms with Crippen molar-refractivity contribution in [1.82, 2.24) is 4.90 Å². The number of hydrogen-bond donors (Lipinski definition) is 0. The summed E-state index contributed by atoms with van der Waals surface area (Å²) < 4.78 is 5.51. The standard InChI is InChI=1S/C25H25NO2/c27-25(28-19-21-10-5-2-6-11-21)23-14-13-22-12-7-15-26(18-24(22)16-23)17-20-8-3-1-4-9-20/h1-6,8-11,13-14,16H,7,12,15,17-19H2. The van der Waals surface area contributed by atoms with E-state index in [4.69, 9.17) is 4.74 Å². The topological polar surface area (TPSA) is 29.5 Å². The molecule has 1 heterocycles. The van der Waals surface area contributed by atoms with E-state index in [0.29, 0.717) is 12.2 Å². The van der Waals surface area contributed by atoms with E-state index in [0.717, 1.165) is 38.0 Å². The summed E-state index contributed by atoms with van der Waals surface area (Å²) in [7, 11) is 0. The summed E-state index contributed by atoms with van der Waals surface area (Å²) in [6.07, 6.45) is 2.19. The van der Waals surface area contributed by atoms with Gasteiger partial charge in [-0.1, -0.05) is 66.7 Å². The van der Waals surface area contributed by atoms with Gasteiger partial charge in [0, 0.05) is 13.1 Å². The molecule has 3 aromatic rings. The second-order valence-corrected chi connectivity index (χ2v) is 7.35. The second kappa shape index (κ2) is 8.85. The van der Waals surface area contributed by atoms with Crippen LogP contribution in [0.5, 0.6) is 0 Å². The fourth-order valence-corrected chi connectivity index (χ4v) is 3.74. The first-order valence-electron chi connectivity index (χ1n) is 9.87. The van der Waals surface area contributed by atoms with Crippen LogP contribution in [0.3, 0.4) is 0 Å². The molecule has 0 saturated carbocycles. The lowest BCUT2D eigenvalue weighted by atomic mass is 10.0. The van der Waals surface area contributed by atoms with Gasteiger partial charge in [0.1, 0.15) is 6.61 Å². The van der Waals surface area contributed by atoms with Crippen molar-refractivity contribution in [3.8, 4) is 0 Å². The molecule has 0 saturated heterocycles. The molecule has 3 aromatic carbocycles. The molecule has 142 valence electrons. The lowest BCUT2D eigenvalue weighted by Gasteiger charge is -2.20. The van der Waals surface area contributed by atoms with Crippen LogP contribution in [-0.2, 0) is 30.9 Å². The molecule has 0 aliphatic carbocycles. The first-order valence-corrected chi connectivity index (χ1v) is 9.87. The predicted molar refractivity (Wildman–Crippen MR) is 111 cm³/mol. The Morgan fingerprint density at radius 2 is 1.57 bits per heavy atom. The van der Waals surface area contributed by atoms with Crippen LogP contribution in [0.4, 0.5) is 0 Å². The van der Waals surface area contributed by atoms with Crippen LogP contribution in [0, 0.1) is 0 Å². The van der Waals surface area contributed by atoms with Crippen LogP contribution in [0.2, 0.25) is 0 Å². The monoisotopic (exact) mass is 371 g/mol. The average molecular weight is 371 g/mol. The normalized spacial score (nSPS) is 14.1. The predicted octanol–water partition coefficient (Wildman–Crippen LogP) is 4.99. The SMILES string of the molecule is O=C(OCc1ccccc1)c1ccc2c(c1)CN(Cc1ccccc1)CCC2. The molecule has 28 heavy (non-hydrogen) atoms. The van der Waals surface area contributed by atoms with Crippen LogP contribution >= 0.6 is 0 Å². The molecule has 0 fully saturated rings. The van der Waals surface area contributed by atoms with Gasteiger partial charge >= 0.3 is 5.97 Å². The number of fused-ring (bicyclic) bond motifs is 1. The molecule has 3 heteroatoms. The van der Waals surface area contributed by atoms with Crippen LogP contribution in [0.15, 0.2) is 78.9 Å². The number of benzene rings is 3. The molecule has 1 aliphatic heterocycles. The minimum atomic E-state index is -0.259. The van der Waals surface area contributed by atoms with Gasteiger partial charge in [0.15, 0.2) is 0 Å². The fourth-order valence-electron chi connectivity index (χ4n) is 3.74. The summed E-state index contributed by atoms with van der Waals surface area (Å²) in [5.41, 5.74) is 5.54. The Hall–Kier alpha value is -2.91.